The lowest BCUT2D eigenvalue weighted by Crippen LogP contribution is -2.43. The smallest absolute Gasteiger partial charge is 0.276 e. The summed E-state index contributed by atoms with van der Waals surface area (Å²) in [6.45, 7) is 1.60. The summed E-state index contributed by atoms with van der Waals surface area (Å²) in [6.07, 6.45) is 1.19. The zero-order valence-corrected chi connectivity index (χ0v) is 17.4. The van der Waals surface area contributed by atoms with Gasteiger partial charge >= 0.3 is 0 Å². The first-order valence-corrected chi connectivity index (χ1v) is 9.63. The summed E-state index contributed by atoms with van der Waals surface area (Å²) in [5.41, 5.74) is 5.47. The van der Waals surface area contributed by atoms with Gasteiger partial charge in [0.1, 0.15) is 5.75 Å². The van der Waals surface area contributed by atoms with E-state index in [-0.39, 0.29) is 12.5 Å². The third-order valence-corrected chi connectivity index (χ3v) is 4.26. The second kappa shape index (κ2) is 10.7. The summed E-state index contributed by atoms with van der Waals surface area (Å²) in [5, 5.41) is 3.09. The van der Waals surface area contributed by atoms with Gasteiger partial charge in [-0.2, -0.15) is 0 Å². The Labute approximate surface area is 175 Å². The molecular weight excluding hydrogens is 450 g/mol. The van der Waals surface area contributed by atoms with Crippen LogP contribution in [0.4, 0.5) is 5.69 Å². The zero-order chi connectivity index (χ0) is 20.5. The van der Waals surface area contributed by atoms with Crippen molar-refractivity contribution < 1.29 is 19.1 Å². The maximum absolute atomic E-state index is 12.1. The average molecular weight is 469 g/mol. The largest absolute Gasteiger partial charge is 0.482 e. The van der Waals surface area contributed by atoms with Crippen LogP contribution in [-0.2, 0) is 9.59 Å². The van der Waals surface area contributed by atoms with Gasteiger partial charge in [-0.05, 0) is 48.9 Å². The molecule has 9 heteroatoms. The Morgan fingerprint density at radius 2 is 1.75 bits per heavy atom. The lowest BCUT2D eigenvalue weighted by Gasteiger charge is -2.10. The van der Waals surface area contributed by atoms with Gasteiger partial charge in [0.05, 0.1) is 5.02 Å². The molecule has 0 fully saturated rings. The Hall–Kier alpha value is -2.58. The minimum absolute atomic E-state index is 0.0853. The topological polar surface area (TPSA) is 96.5 Å². The lowest BCUT2D eigenvalue weighted by atomic mass is 10.2. The third kappa shape index (κ3) is 6.86. The summed E-state index contributed by atoms with van der Waals surface area (Å²) >= 11 is 9.27. The number of rotatable bonds is 7. The normalized spacial score (nSPS) is 10.1. The van der Waals surface area contributed by atoms with E-state index in [1.54, 1.807) is 42.5 Å². The Morgan fingerprint density at radius 1 is 1.04 bits per heavy atom. The fraction of sp³-hybridized carbons (Fsp3) is 0.211. The molecule has 0 spiro atoms. The third-order valence-electron chi connectivity index (χ3n) is 3.48. The summed E-state index contributed by atoms with van der Waals surface area (Å²) in [4.78, 5) is 35.4. The van der Waals surface area contributed by atoms with E-state index in [0.29, 0.717) is 28.4 Å². The molecule has 3 amide bonds. The van der Waals surface area contributed by atoms with Crippen LogP contribution < -0.4 is 20.9 Å². The van der Waals surface area contributed by atoms with Gasteiger partial charge in [0.25, 0.3) is 11.8 Å². The molecule has 148 valence electrons. The van der Waals surface area contributed by atoms with Gasteiger partial charge in [0, 0.05) is 22.1 Å². The minimum atomic E-state index is -0.546. The number of anilines is 1. The second-order valence-electron chi connectivity index (χ2n) is 5.74. The van der Waals surface area contributed by atoms with Crippen LogP contribution in [0.15, 0.2) is 46.9 Å². The number of hydrazine groups is 1. The SMILES string of the molecule is CCCC(=O)Nc1ccc(C(=O)NNC(=O)COc2ccc(Br)cc2Cl)cc1. The molecule has 2 rings (SSSR count). The van der Waals surface area contributed by atoms with Gasteiger partial charge in [-0.1, -0.05) is 34.5 Å². The quantitative estimate of drug-likeness (QED) is 0.540. The van der Waals surface area contributed by atoms with Gasteiger partial charge in [0.2, 0.25) is 5.91 Å². The van der Waals surface area contributed by atoms with E-state index in [1.807, 2.05) is 6.92 Å². The van der Waals surface area contributed by atoms with Gasteiger partial charge < -0.3 is 10.1 Å². The molecule has 2 aromatic carbocycles. The van der Waals surface area contributed by atoms with Gasteiger partial charge in [-0.15, -0.1) is 0 Å². The zero-order valence-electron chi connectivity index (χ0n) is 15.1. The van der Waals surface area contributed by atoms with E-state index in [4.69, 9.17) is 16.3 Å². The number of ether oxygens (including phenoxy) is 1. The summed E-state index contributed by atoms with van der Waals surface area (Å²) < 4.78 is 6.10. The highest BCUT2D eigenvalue weighted by molar-refractivity contribution is 9.10. The highest BCUT2D eigenvalue weighted by Gasteiger charge is 2.10. The molecule has 0 aliphatic carbocycles. The number of halogens is 2. The van der Waals surface area contributed by atoms with Crippen molar-refractivity contribution >= 4 is 50.9 Å². The van der Waals surface area contributed by atoms with Crippen molar-refractivity contribution in [2.24, 2.45) is 0 Å². The van der Waals surface area contributed by atoms with Crippen LogP contribution in [0.1, 0.15) is 30.1 Å². The highest BCUT2D eigenvalue weighted by Crippen LogP contribution is 2.27. The number of hydrogen-bond donors (Lipinski definition) is 3. The van der Waals surface area contributed by atoms with Crippen LogP contribution in [0, 0.1) is 0 Å². The van der Waals surface area contributed by atoms with Crippen LogP contribution in [0.3, 0.4) is 0 Å². The van der Waals surface area contributed by atoms with Crippen LogP contribution in [0.5, 0.6) is 5.75 Å². The number of carbonyl (C=O) groups is 3. The molecule has 7 nitrogen and oxygen atoms in total. The summed E-state index contributed by atoms with van der Waals surface area (Å²) in [6, 6.07) is 11.3. The first-order chi connectivity index (χ1) is 13.4. The molecule has 2 aromatic rings. The Morgan fingerprint density at radius 3 is 2.39 bits per heavy atom. The predicted octanol–water partition coefficient (Wildman–Crippen LogP) is 3.68. The molecule has 0 radical (unpaired) electrons. The standard InChI is InChI=1S/C19H19BrClN3O4/c1-2-3-17(25)22-14-7-4-12(5-8-14)19(27)24-23-18(26)11-28-16-9-6-13(20)10-15(16)21/h4-10H,2-3,11H2,1H3,(H,22,25)(H,23,26)(H,24,27). The van der Waals surface area contributed by atoms with Crippen molar-refractivity contribution in [1.82, 2.24) is 10.9 Å². The maximum Gasteiger partial charge on any atom is 0.276 e. The van der Waals surface area contributed by atoms with Crippen LogP contribution in [0.2, 0.25) is 5.02 Å². The van der Waals surface area contributed by atoms with E-state index in [9.17, 15) is 14.4 Å². The van der Waals surface area contributed by atoms with Gasteiger partial charge in [0.15, 0.2) is 6.61 Å². The molecule has 0 aliphatic heterocycles. The van der Waals surface area contributed by atoms with Crippen molar-refractivity contribution in [1.29, 1.82) is 0 Å². The molecule has 0 saturated heterocycles. The molecular formula is C19H19BrClN3O4. The Balaban J connectivity index is 1.79. The molecule has 0 atom stereocenters. The Kier molecular flexibility index (Phi) is 8.28. The molecule has 0 heterocycles. The van der Waals surface area contributed by atoms with Crippen LogP contribution in [-0.4, -0.2) is 24.3 Å². The number of amides is 3. The second-order valence-corrected chi connectivity index (χ2v) is 7.06. The van der Waals surface area contributed by atoms with Crippen LogP contribution >= 0.6 is 27.5 Å². The first-order valence-electron chi connectivity index (χ1n) is 8.46. The molecule has 28 heavy (non-hydrogen) atoms. The average Bonchev–Trinajstić information content (AvgIpc) is 2.66. The van der Waals surface area contributed by atoms with Gasteiger partial charge in [-0.3, -0.25) is 25.2 Å². The predicted molar refractivity (Wildman–Crippen MR) is 110 cm³/mol. The lowest BCUT2D eigenvalue weighted by molar-refractivity contribution is -0.123. The van der Waals surface area contributed by atoms with Crippen LogP contribution in [0.25, 0.3) is 0 Å². The monoisotopic (exact) mass is 467 g/mol. The number of carbonyl (C=O) groups excluding carboxylic acids is 3. The molecule has 0 saturated carbocycles. The van der Waals surface area contributed by atoms with E-state index in [2.05, 4.69) is 32.1 Å². The highest BCUT2D eigenvalue weighted by atomic mass is 79.9. The summed E-state index contributed by atoms with van der Waals surface area (Å²) in [5.74, 6) is -0.776. The fourth-order valence-electron chi connectivity index (χ4n) is 2.13. The summed E-state index contributed by atoms with van der Waals surface area (Å²) in [7, 11) is 0. The molecule has 0 bridgehead atoms. The van der Waals surface area contributed by atoms with Crippen molar-refractivity contribution in [2.45, 2.75) is 19.8 Å². The first kappa shape index (κ1) is 21.7. The van der Waals surface area contributed by atoms with E-state index in [0.717, 1.165) is 10.9 Å². The number of nitrogens with one attached hydrogen (secondary N) is 3. The maximum atomic E-state index is 12.1. The molecule has 0 aliphatic rings. The van der Waals surface area contributed by atoms with Crippen molar-refractivity contribution in [3.63, 3.8) is 0 Å². The van der Waals surface area contributed by atoms with E-state index < -0.39 is 11.8 Å². The van der Waals surface area contributed by atoms with Crippen molar-refractivity contribution in [3.8, 4) is 5.75 Å². The van der Waals surface area contributed by atoms with Crippen molar-refractivity contribution in [2.75, 3.05) is 11.9 Å². The Bertz CT molecular complexity index is 859. The van der Waals surface area contributed by atoms with E-state index in [1.165, 1.54) is 0 Å². The van der Waals surface area contributed by atoms with Gasteiger partial charge in [-0.25, -0.2) is 0 Å². The number of benzene rings is 2. The molecule has 0 unspecified atom stereocenters. The molecule has 0 aromatic heterocycles. The van der Waals surface area contributed by atoms with E-state index >= 15 is 0 Å². The minimum Gasteiger partial charge on any atom is -0.482 e. The fourth-order valence-corrected chi connectivity index (χ4v) is 2.85. The number of hydrogen-bond acceptors (Lipinski definition) is 4. The van der Waals surface area contributed by atoms with Crippen molar-refractivity contribution in [3.05, 3.63) is 57.5 Å². The molecule has 3 N–H and O–H groups in total.